The Bertz CT molecular complexity index is 858. The Balaban J connectivity index is 0.00000320. The maximum atomic E-state index is 12.2. The Morgan fingerprint density at radius 1 is 1.33 bits per heavy atom. The lowest BCUT2D eigenvalue weighted by molar-refractivity contribution is -0.135. The Hall–Kier alpha value is -1.48. The molecule has 3 N–H and O–H groups in total. The van der Waals surface area contributed by atoms with Crippen LogP contribution < -0.4 is 10.6 Å². The lowest BCUT2D eigenvalue weighted by Crippen LogP contribution is -2.50. The van der Waals surface area contributed by atoms with Gasteiger partial charge in [-0.1, -0.05) is 25.4 Å². The zero-order chi connectivity index (χ0) is 20.8. The molecule has 1 amide bonds. The number of hydrogen-bond acceptors (Lipinski definition) is 2. The summed E-state index contributed by atoms with van der Waals surface area (Å²) in [6.07, 6.45) is 4.78. The number of fused-ring (bicyclic) bond motifs is 1. The lowest BCUT2D eigenvalue weighted by Gasteiger charge is -2.34. The monoisotopic (exact) mass is 545 g/mol. The first kappa shape index (κ1) is 24.8. The van der Waals surface area contributed by atoms with Crippen molar-refractivity contribution >= 4 is 58.3 Å². The van der Waals surface area contributed by atoms with Gasteiger partial charge in [-0.3, -0.25) is 9.79 Å². The predicted molar refractivity (Wildman–Crippen MR) is 136 cm³/mol. The van der Waals surface area contributed by atoms with Gasteiger partial charge in [0.2, 0.25) is 5.91 Å². The molecular formula is C22H33ClIN5O. The number of guanidine groups is 1. The summed E-state index contributed by atoms with van der Waals surface area (Å²) in [5, 5.41) is 8.79. The fraction of sp³-hybridized carbons (Fsp3) is 0.545. The summed E-state index contributed by atoms with van der Waals surface area (Å²) in [6, 6.07) is 6.25. The summed E-state index contributed by atoms with van der Waals surface area (Å²) in [5.74, 6) is 1.17. The number of halogens is 2. The van der Waals surface area contributed by atoms with Crippen LogP contribution >= 0.6 is 35.6 Å². The molecule has 0 radical (unpaired) electrons. The molecule has 2 aromatic rings. The molecule has 3 rings (SSSR count). The van der Waals surface area contributed by atoms with E-state index < -0.39 is 0 Å². The Kier molecular flexibility index (Phi) is 9.74. The van der Waals surface area contributed by atoms with Gasteiger partial charge in [-0.05, 0) is 49.9 Å². The van der Waals surface area contributed by atoms with Crippen LogP contribution in [0.1, 0.15) is 39.2 Å². The standard InChI is InChI=1S/C22H32ClN5O.HI/c1-4-24-22(27-18-8-11-28(12-9-18)21(29)15(2)3)25-10-7-16-14-26-20-6-5-17(23)13-19(16)20;/h5-6,13-15,18,26H,4,7-12H2,1-3H3,(H2,24,25,27);1H. The maximum Gasteiger partial charge on any atom is 0.225 e. The molecule has 2 heterocycles. The van der Waals surface area contributed by atoms with Crippen molar-refractivity contribution < 1.29 is 4.79 Å². The van der Waals surface area contributed by atoms with Gasteiger partial charge in [0.05, 0.1) is 0 Å². The minimum atomic E-state index is 0. The van der Waals surface area contributed by atoms with Crippen LogP contribution in [0.3, 0.4) is 0 Å². The summed E-state index contributed by atoms with van der Waals surface area (Å²) in [5.41, 5.74) is 2.32. The van der Waals surface area contributed by atoms with Crippen molar-refractivity contribution in [1.29, 1.82) is 0 Å². The fourth-order valence-corrected chi connectivity index (χ4v) is 3.94. The number of aliphatic imine (C=N–C) groups is 1. The summed E-state index contributed by atoms with van der Waals surface area (Å²) in [7, 11) is 0. The number of aromatic nitrogens is 1. The molecule has 0 spiro atoms. The van der Waals surface area contributed by atoms with Gasteiger partial charge >= 0.3 is 0 Å². The molecule has 6 nitrogen and oxygen atoms in total. The molecule has 1 saturated heterocycles. The quantitative estimate of drug-likeness (QED) is 0.290. The van der Waals surface area contributed by atoms with E-state index in [9.17, 15) is 4.79 Å². The number of benzene rings is 1. The number of amides is 1. The van der Waals surface area contributed by atoms with Crippen molar-refractivity contribution in [3.05, 3.63) is 35.0 Å². The van der Waals surface area contributed by atoms with Crippen LogP contribution in [0.15, 0.2) is 29.4 Å². The van der Waals surface area contributed by atoms with Crippen molar-refractivity contribution in [3.63, 3.8) is 0 Å². The number of hydrogen-bond donors (Lipinski definition) is 3. The maximum absolute atomic E-state index is 12.2. The van der Waals surface area contributed by atoms with Gasteiger partial charge < -0.3 is 20.5 Å². The molecule has 1 aromatic carbocycles. The molecule has 8 heteroatoms. The topological polar surface area (TPSA) is 72.5 Å². The Labute approximate surface area is 201 Å². The van der Waals surface area contributed by atoms with Gasteiger partial charge in [-0.15, -0.1) is 24.0 Å². The van der Waals surface area contributed by atoms with E-state index in [1.807, 2.05) is 43.1 Å². The highest BCUT2D eigenvalue weighted by Gasteiger charge is 2.24. The summed E-state index contributed by atoms with van der Waals surface area (Å²) in [4.78, 5) is 22.2. The van der Waals surface area contributed by atoms with E-state index in [1.54, 1.807) is 0 Å². The average molecular weight is 546 g/mol. The van der Waals surface area contributed by atoms with Gasteiger partial charge in [0.1, 0.15) is 0 Å². The van der Waals surface area contributed by atoms with E-state index in [4.69, 9.17) is 16.6 Å². The van der Waals surface area contributed by atoms with E-state index in [0.717, 1.165) is 60.8 Å². The van der Waals surface area contributed by atoms with Gasteiger partial charge in [0, 0.05) is 60.3 Å². The molecule has 0 bridgehead atoms. The van der Waals surface area contributed by atoms with E-state index in [0.29, 0.717) is 12.6 Å². The number of carbonyl (C=O) groups excluding carboxylic acids is 1. The first-order valence-corrected chi connectivity index (χ1v) is 10.9. The SMILES string of the molecule is CCNC(=NCCc1c[nH]c2ccc(Cl)cc12)NC1CCN(C(=O)C(C)C)CC1.I. The van der Waals surface area contributed by atoms with Crippen LogP contribution in [0.25, 0.3) is 10.9 Å². The van der Waals surface area contributed by atoms with Crippen molar-refractivity contribution in [2.24, 2.45) is 10.9 Å². The molecule has 1 aliphatic rings. The number of nitrogens with one attached hydrogen (secondary N) is 3. The number of piperidine rings is 1. The molecule has 1 aliphatic heterocycles. The van der Waals surface area contributed by atoms with Crippen LogP contribution in [0.4, 0.5) is 0 Å². The van der Waals surface area contributed by atoms with E-state index in [-0.39, 0.29) is 35.8 Å². The van der Waals surface area contributed by atoms with E-state index in [2.05, 4.69) is 22.5 Å². The zero-order valence-electron chi connectivity index (χ0n) is 18.0. The summed E-state index contributed by atoms with van der Waals surface area (Å²) < 4.78 is 0. The number of H-pyrrole nitrogens is 1. The first-order chi connectivity index (χ1) is 14.0. The largest absolute Gasteiger partial charge is 0.361 e. The molecule has 30 heavy (non-hydrogen) atoms. The van der Waals surface area contributed by atoms with Gasteiger partial charge in [0.25, 0.3) is 0 Å². The second-order valence-corrected chi connectivity index (χ2v) is 8.35. The molecule has 0 atom stereocenters. The van der Waals surface area contributed by atoms with Crippen molar-refractivity contribution in [2.75, 3.05) is 26.2 Å². The molecular weight excluding hydrogens is 513 g/mol. The highest BCUT2D eigenvalue weighted by atomic mass is 127. The fourth-order valence-electron chi connectivity index (χ4n) is 3.77. The van der Waals surface area contributed by atoms with Crippen molar-refractivity contribution in [3.8, 4) is 0 Å². The van der Waals surface area contributed by atoms with Gasteiger partial charge in [-0.25, -0.2) is 0 Å². The van der Waals surface area contributed by atoms with E-state index >= 15 is 0 Å². The van der Waals surface area contributed by atoms with Crippen molar-refractivity contribution in [1.82, 2.24) is 20.5 Å². The molecule has 1 fully saturated rings. The van der Waals surface area contributed by atoms with Crippen LogP contribution in [0.2, 0.25) is 5.02 Å². The third-order valence-electron chi connectivity index (χ3n) is 5.37. The third-order valence-corrected chi connectivity index (χ3v) is 5.60. The Morgan fingerprint density at radius 3 is 2.73 bits per heavy atom. The third kappa shape index (κ3) is 6.51. The normalized spacial score (nSPS) is 15.4. The summed E-state index contributed by atoms with van der Waals surface area (Å²) in [6.45, 7) is 9.13. The number of nitrogens with zero attached hydrogens (tertiary/aromatic N) is 2. The molecule has 0 saturated carbocycles. The predicted octanol–water partition coefficient (Wildman–Crippen LogP) is 4.18. The second-order valence-electron chi connectivity index (χ2n) is 7.91. The number of aromatic amines is 1. The second kappa shape index (κ2) is 11.8. The Morgan fingerprint density at radius 2 is 2.07 bits per heavy atom. The van der Waals surface area contributed by atoms with Crippen LogP contribution in [-0.2, 0) is 11.2 Å². The zero-order valence-corrected chi connectivity index (χ0v) is 21.1. The van der Waals surface area contributed by atoms with Gasteiger partial charge in [0.15, 0.2) is 5.96 Å². The van der Waals surface area contributed by atoms with Gasteiger partial charge in [-0.2, -0.15) is 0 Å². The smallest absolute Gasteiger partial charge is 0.225 e. The van der Waals surface area contributed by atoms with Crippen LogP contribution in [0, 0.1) is 5.92 Å². The minimum absolute atomic E-state index is 0. The number of likely N-dealkylation sites (tertiary alicyclic amines) is 1. The highest BCUT2D eigenvalue weighted by molar-refractivity contribution is 14.0. The van der Waals surface area contributed by atoms with Crippen molar-refractivity contribution in [2.45, 2.75) is 46.1 Å². The van der Waals surface area contributed by atoms with Crippen LogP contribution in [-0.4, -0.2) is 54.0 Å². The molecule has 0 aliphatic carbocycles. The molecule has 0 unspecified atom stereocenters. The highest BCUT2D eigenvalue weighted by Crippen LogP contribution is 2.22. The minimum Gasteiger partial charge on any atom is -0.361 e. The van der Waals surface area contributed by atoms with E-state index in [1.165, 1.54) is 5.56 Å². The molecule has 1 aromatic heterocycles. The van der Waals surface area contributed by atoms with Crippen LogP contribution in [0.5, 0.6) is 0 Å². The average Bonchev–Trinajstić information content (AvgIpc) is 3.10. The number of carbonyl (C=O) groups is 1. The lowest BCUT2D eigenvalue weighted by atomic mass is 10.0. The molecule has 166 valence electrons. The first-order valence-electron chi connectivity index (χ1n) is 10.6. The number of rotatable bonds is 6. The summed E-state index contributed by atoms with van der Waals surface area (Å²) >= 11 is 6.14.